The number of H-pyrrole nitrogens is 1. The summed E-state index contributed by atoms with van der Waals surface area (Å²) < 4.78 is 1.73. The molecule has 8 nitrogen and oxygen atoms in total. The van der Waals surface area contributed by atoms with Gasteiger partial charge in [-0.3, -0.25) is 4.79 Å². The van der Waals surface area contributed by atoms with Gasteiger partial charge in [-0.1, -0.05) is 5.21 Å². The Bertz CT molecular complexity index is 557. The smallest absolute Gasteiger partial charge is 0.274 e. The highest BCUT2D eigenvalue weighted by molar-refractivity contribution is 5.92. The van der Waals surface area contributed by atoms with Gasteiger partial charge >= 0.3 is 0 Å². The summed E-state index contributed by atoms with van der Waals surface area (Å²) in [6.45, 7) is 3.59. The molecule has 2 aromatic heterocycles. The lowest BCUT2D eigenvalue weighted by Gasteiger charge is -2.26. The van der Waals surface area contributed by atoms with Crippen molar-refractivity contribution in [2.75, 3.05) is 13.1 Å². The van der Waals surface area contributed by atoms with Gasteiger partial charge in [-0.2, -0.15) is 0 Å². The number of nitrogens with one attached hydrogen (secondary N) is 3. The largest absolute Gasteiger partial charge is 0.347 e. The van der Waals surface area contributed by atoms with E-state index in [2.05, 4.69) is 30.9 Å². The maximum absolute atomic E-state index is 12.0. The van der Waals surface area contributed by atoms with Crippen LogP contribution in [-0.2, 0) is 0 Å². The molecule has 0 spiro atoms. The van der Waals surface area contributed by atoms with Crippen LogP contribution < -0.4 is 10.6 Å². The van der Waals surface area contributed by atoms with Gasteiger partial charge < -0.3 is 15.6 Å². The van der Waals surface area contributed by atoms with Crippen LogP contribution in [0.25, 0.3) is 0 Å². The summed E-state index contributed by atoms with van der Waals surface area (Å²) >= 11 is 0. The summed E-state index contributed by atoms with van der Waals surface area (Å²) in [5.41, 5.74) is 0.324. The Kier molecular flexibility index (Phi) is 3.00. The molecule has 1 unspecified atom stereocenters. The van der Waals surface area contributed by atoms with Gasteiger partial charge in [-0.25, -0.2) is 9.67 Å². The molecule has 0 bridgehead atoms. The Morgan fingerprint density at radius 1 is 1.58 bits per heavy atom. The molecule has 1 amide bonds. The van der Waals surface area contributed by atoms with E-state index in [0.29, 0.717) is 17.6 Å². The Balaban J connectivity index is 1.65. The van der Waals surface area contributed by atoms with Crippen LogP contribution in [0.2, 0.25) is 0 Å². The molecular weight excluding hydrogens is 246 g/mol. The van der Waals surface area contributed by atoms with Crippen LogP contribution in [-0.4, -0.2) is 44.0 Å². The van der Waals surface area contributed by atoms with Crippen molar-refractivity contribution in [3.8, 4) is 0 Å². The maximum Gasteiger partial charge on any atom is 0.274 e. The van der Waals surface area contributed by atoms with Gasteiger partial charge in [-0.05, 0) is 6.92 Å². The first-order chi connectivity index (χ1) is 9.24. The van der Waals surface area contributed by atoms with Gasteiger partial charge in [0.05, 0.1) is 18.3 Å². The fourth-order valence-corrected chi connectivity index (χ4v) is 1.87. The molecule has 1 aliphatic rings. The van der Waals surface area contributed by atoms with Gasteiger partial charge in [0.15, 0.2) is 5.69 Å². The van der Waals surface area contributed by atoms with Crippen LogP contribution >= 0.6 is 0 Å². The van der Waals surface area contributed by atoms with E-state index in [-0.39, 0.29) is 11.9 Å². The first-order valence-corrected chi connectivity index (χ1v) is 6.16. The second kappa shape index (κ2) is 4.81. The van der Waals surface area contributed by atoms with Crippen molar-refractivity contribution >= 4 is 5.91 Å². The van der Waals surface area contributed by atoms with Crippen LogP contribution in [0, 0.1) is 0 Å². The molecule has 1 atom stereocenters. The van der Waals surface area contributed by atoms with E-state index < -0.39 is 0 Å². The van der Waals surface area contributed by atoms with E-state index >= 15 is 0 Å². The van der Waals surface area contributed by atoms with Gasteiger partial charge in [0, 0.05) is 25.5 Å². The summed E-state index contributed by atoms with van der Waals surface area (Å²) in [5, 5.41) is 13.8. The highest BCUT2D eigenvalue weighted by Crippen LogP contribution is 2.11. The van der Waals surface area contributed by atoms with Gasteiger partial charge in [-0.15, -0.1) is 5.10 Å². The molecule has 1 aliphatic heterocycles. The lowest BCUT2D eigenvalue weighted by atomic mass is 10.2. The second-order valence-electron chi connectivity index (χ2n) is 4.57. The van der Waals surface area contributed by atoms with Crippen molar-refractivity contribution in [1.29, 1.82) is 0 Å². The Morgan fingerprint density at radius 3 is 3.05 bits per heavy atom. The zero-order chi connectivity index (χ0) is 13.2. The number of aromatic amines is 1. The zero-order valence-electron chi connectivity index (χ0n) is 10.5. The molecule has 19 heavy (non-hydrogen) atoms. The lowest BCUT2D eigenvalue weighted by molar-refractivity contribution is 0.0933. The van der Waals surface area contributed by atoms with Gasteiger partial charge in [0.1, 0.15) is 5.82 Å². The van der Waals surface area contributed by atoms with Crippen LogP contribution in [0.4, 0.5) is 0 Å². The second-order valence-corrected chi connectivity index (χ2v) is 4.57. The molecule has 0 aliphatic carbocycles. The van der Waals surface area contributed by atoms with Gasteiger partial charge in [0.25, 0.3) is 5.91 Å². The Morgan fingerprint density at radius 2 is 2.42 bits per heavy atom. The number of aromatic nitrogens is 5. The molecule has 8 heteroatoms. The highest BCUT2D eigenvalue weighted by Gasteiger charge is 2.22. The number of amides is 1. The molecule has 1 fully saturated rings. The number of hydrogen-bond acceptors (Lipinski definition) is 5. The monoisotopic (exact) mass is 261 g/mol. The number of nitrogens with zero attached hydrogens (tertiary/aromatic N) is 4. The standard InChI is InChI=1S/C11H15N7O/c1-7(10-13-2-3-14-10)15-11(19)9-6-18(17-16-9)8-4-12-5-8/h2-3,6-8,12H,4-5H2,1H3,(H,13,14)(H,15,19). The van der Waals surface area contributed by atoms with Crippen molar-refractivity contribution in [3.05, 3.63) is 30.1 Å². The lowest BCUT2D eigenvalue weighted by Crippen LogP contribution is -2.43. The average molecular weight is 261 g/mol. The number of carbonyl (C=O) groups excluding carboxylic acids is 1. The third-order valence-electron chi connectivity index (χ3n) is 3.15. The quantitative estimate of drug-likeness (QED) is 0.697. The minimum atomic E-state index is -0.248. The van der Waals surface area contributed by atoms with E-state index in [9.17, 15) is 4.79 Å². The summed E-state index contributed by atoms with van der Waals surface area (Å²) in [6, 6.07) is 0.106. The molecule has 1 saturated heterocycles. The SMILES string of the molecule is CC(NC(=O)c1cn(C2CNC2)nn1)c1ncc[nH]1. The fourth-order valence-electron chi connectivity index (χ4n) is 1.87. The molecule has 3 rings (SSSR count). The van der Waals surface area contributed by atoms with E-state index in [1.165, 1.54) is 0 Å². The summed E-state index contributed by atoms with van der Waals surface area (Å²) in [6.07, 6.45) is 5.05. The van der Waals surface area contributed by atoms with E-state index in [1.54, 1.807) is 23.3 Å². The molecule has 0 radical (unpaired) electrons. The van der Waals surface area contributed by atoms with Crippen molar-refractivity contribution in [1.82, 2.24) is 35.6 Å². The molecule has 0 saturated carbocycles. The maximum atomic E-state index is 12.0. The molecule has 0 aromatic carbocycles. The van der Waals surface area contributed by atoms with Crippen molar-refractivity contribution in [2.45, 2.75) is 19.0 Å². The molecule has 100 valence electrons. The topological polar surface area (TPSA) is 101 Å². The first kappa shape index (κ1) is 11.8. The van der Waals surface area contributed by atoms with Gasteiger partial charge in [0.2, 0.25) is 0 Å². The zero-order valence-corrected chi connectivity index (χ0v) is 10.5. The normalized spacial score (nSPS) is 16.9. The van der Waals surface area contributed by atoms with Crippen LogP contribution in [0.1, 0.15) is 35.3 Å². The summed E-state index contributed by atoms with van der Waals surface area (Å²) in [5.74, 6) is 0.464. The van der Waals surface area contributed by atoms with Crippen LogP contribution in [0.15, 0.2) is 18.6 Å². The molecule has 3 heterocycles. The predicted octanol–water partition coefficient (Wildman–Crippen LogP) is -0.363. The van der Waals surface area contributed by atoms with E-state index in [0.717, 1.165) is 13.1 Å². The minimum absolute atomic E-state index is 0.196. The van der Waals surface area contributed by atoms with Crippen molar-refractivity contribution in [3.63, 3.8) is 0 Å². The van der Waals surface area contributed by atoms with Crippen LogP contribution in [0.3, 0.4) is 0 Å². The third-order valence-corrected chi connectivity index (χ3v) is 3.15. The Hall–Kier alpha value is -2.22. The molecule has 3 N–H and O–H groups in total. The number of hydrogen-bond donors (Lipinski definition) is 3. The fraction of sp³-hybridized carbons (Fsp3) is 0.455. The Labute approximate surface area is 109 Å². The number of imidazole rings is 1. The number of rotatable bonds is 4. The van der Waals surface area contributed by atoms with E-state index in [4.69, 9.17) is 0 Å². The predicted molar refractivity (Wildman–Crippen MR) is 66.4 cm³/mol. The number of carbonyl (C=O) groups is 1. The molecule has 2 aromatic rings. The van der Waals surface area contributed by atoms with Crippen LogP contribution in [0.5, 0.6) is 0 Å². The highest BCUT2D eigenvalue weighted by atomic mass is 16.2. The third kappa shape index (κ3) is 2.34. The summed E-state index contributed by atoms with van der Waals surface area (Å²) in [7, 11) is 0. The first-order valence-electron chi connectivity index (χ1n) is 6.16. The van der Waals surface area contributed by atoms with E-state index in [1.807, 2.05) is 6.92 Å². The average Bonchev–Trinajstić information content (AvgIpc) is 2.97. The molecular formula is C11H15N7O. The minimum Gasteiger partial charge on any atom is -0.347 e. The summed E-state index contributed by atoms with van der Waals surface area (Å²) in [4.78, 5) is 19.1. The van der Waals surface area contributed by atoms with Crippen molar-refractivity contribution in [2.24, 2.45) is 0 Å². The van der Waals surface area contributed by atoms with Crippen molar-refractivity contribution < 1.29 is 4.79 Å².